The number of amides is 1. The Hall–Kier alpha value is -2.17. The quantitative estimate of drug-likeness (QED) is 0.771. The minimum atomic E-state index is -0.369. The van der Waals surface area contributed by atoms with Crippen LogP contribution in [0.2, 0.25) is 10.0 Å². The second-order valence-electron chi connectivity index (χ2n) is 4.36. The van der Waals surface area contributed by atoms with Crippen LogP contribution in [-0.4, -0.2) is 15.9 Å². The molecule has 3 rings (SSSR count). The summed E-state index contributed by atoms with van der Waals surface area (Å²) in [4.78, 5) is 20.7. The number of anilines is 1. The van der Waals surface area contributed by atoms with Crippen LogP contribution >= 0.6 is 23.2 Å². The third kappa shape index (κ3) is 3.12. The first-order valence-electron chi connectivity index (χ1n) is 6.11. The standard InChI is InChI=1S/C15H9Cl2N3O/c16-9-5-10(17)7-11(6-9)19-15(21)14-8-18-12-3-1-2-4-13(12)20-14/h1-8H,(H,19,21). The zero-order valence-electron chi connectivity index (χ0n) is 10.7. The molecule has 3 aromatic rings. The van der Waals surface area contributed by atoms with Crippen LogP contribution in [0.25, 0.3) is 11.0 Å². The van der Waals surface area contributed by atoms with Crippen LogP contribution in [0.5, 0.6) is 0 Å². The number of carbonyl (C=O) groups excluding carboxylic acids is 1. The van der Waals surface area contributed by atoms with Crippen LogP contribution < -0.4 is 5.32 Å². The minimum absolute atomic E-state index is 0.227. The van der Waals surface area contributed by atoms with Crippen LogP contribution in [0.15, 0.2) is 48.7 Å². The first-order valence-corrected chi connectivity index (χ1v) is 6.87. The smallest absolute Gasteiger partial charge is 0.275 e. The maximum Gasteiger partial charge on any atom is 0.275 e. The summed E-state index contributed by atoms with van der Waals surface area (Å²) in [5.74, 6) is -0.369. The molecule has 104 valence electrons. The summed E-state index contributed by atoms with van der Waals surface area (Å²) in [5, 5.41) is 3.59. The Morgan fingerprint density at radius 2 is 1.67 bits per heavy atom. The topological polar surface area (TPSA) is 54.9 Å². The molecule has 4 nitrogen and oxygen atoms in total. The third-order valence-electron chi connectivity index (χ3n) is 2.80. The number of nitrogens with zero attached hydrogens (tertiary/aromatic N) is 2. The minimum Gasteiger partial charge on any atom is -0.321 e. The number of hydrogen-bond donors (Lipinski definition) is 1. The van der Waals surface area contributed by atoms with Gasteiger partial charge in [0.05, 0.1) is 17.2 Å². The summed E-state index contributed by atoms with van der Waals surface area (Å²) in [7, 11) is 0. The average molecular weight is 318 g/mol. The molecule has 21 heavy (non-hydrogen) atoms. The lowest BCUT2D eigenvalue weighted by Crippen LogP contribution is -2.14. The second-order valence-corrected chi connectivity index (χ2v) is 5.23. The fraction of sp³-hybridized carbons (Fsp3) is 0. The highest BCUT2D eigenvalue weighted by atomic mass is 35.5. The summed E-state index contributed by atoms with van der Waals surface area (Å²) in [6, 6.07) is 12.2. The average Bonchev–Trinajstić information content (AvgIpc) is 2.45. The zero-order valence-corrected chi connectivity index (χ0v) is 12.2. The monoisotopic (exact) mass is 317 g/mol. The molecule has 0 saturated heterocycles. The van der Waals surface area contributed by atoms with Gasteiger partial charge in [0, 0.05) is 15.7 Å². The van der Waals surface area contributed by atoms with Gasteiger partial charge in [-0.1, -0.05) is 35.3 Å². The van der Waals surface area contributed by atoms with E-state index < -0.39 is 0 Å². The number of nitrogens with one attached hydrogen (secondary N) is 1. The fourth-order valence-electron chi connectivity index (χ4n) is 1.89. The van der Waals surface area contributed by atoms with Gasteiger partial charge in [-0.05, 0) is 30.3 Å². The van der Waals surface area contributed by atoms with Crippen molar-refractivity contribution in [1.82, 2.24) is 9.97 Å². The van der Waals surface area contributed by atoms with Gasteiger partial charge in [0.1, 0.15) is 5.69 Å². The molecule has 6 heteroatoms. The maximum atomic E-state index is 12.2. The lowest BCUT2D eigenvalue weighted by molar-refractivity contribution is 0.102. The zero-order chi connectivity index (χ0) is 14.8. The molecule has 0 atom stereocenters. The van der Waals surface area contributed by atoms with E-state index in [1.54, 1.807) is 24.3 Å². The number of fused-ring (bicyclic) bond motifs is 1. The van der Waals surface area contributed by atoms with Crippen molar-refractivity contribution in [2.45, 2.75) is 0 Å². The molecule has 0 fully saturated rings. The van der Waals surface area contributed by atoms with Crippen molar-refractivity contribution in [3.8, 4) is 0 Å². The Kier molecular flexibility index (Phi) is 3.73. The van der Waals surface area contributed by atoms with Crippen LogP contribution in [0, 0.1) is 0 Å². The van der Waals surface area contributed by atoms with Gasteiger partial charge in [0.25, 0.3) is 5.91 Å². The van der Waals surface area contributed by atoms with Gasteiger partial charge in [0.2, 0.25) is 0 Å². The van der Waals surface area contributed by atoms with Crippen molar-refractivity contribution in [2.75, 3.05) is 5.32 Å². The highest BCUT2D eigenvalue weighted by Gasteiger charge is 2.10. The largest absolute Gasteiger partial charge is 0.321 e. The first-order chi connectivity index (χ1) is 10.1. The maximum absolute atomic E-state index is 12.2. The van der Waals surface area contributed by atoms with Gasteiger partial charge in [-0.25, -0.2) is 4.98 Å². The van der Waals surface area contributed by atoms with E-state index in [2.05, 4.69) is 15.3 Å². The third-order valence-corrected chi connectivity index (χ3v) is 3.24. The Bertz CT molecular complexity index is 816. The van der Waals surface area contributed by atoms with E-state index in [0.29, 0.717) is 21.2 Å². The van der Waals surface area contributed by atoms with Crippen molar-refractivity contribution < 1.29 is 4.79 Å². The van der Waals surface area contributed by atoms with Gasteiger partial charge >= 0.3 is 0 Å². The Labute approximate surface area is 130 Å². The molecule has 0 unspecified atom stereocenters. The van der Waals surface area contributed by atoms with Crippen molar-refractivity contribution in [3.63, 3.8) is 0 Å². The summed E-state index contributed by atoms with van der Waals surface area (Å²) in [5.41, 5.74) is 2.13. The van der Waals surface area contributed by atoms with E-state index in [1.807, 2.05) is 18.2 Å². The molecule has 0 aliphatic rings. The number of hydrogen-bond acceptors (Lipinski definition) is 3. The van der Waals surface area contributed by atoms with Crippen LogP contribution in [0.4, 0.5) is 5.69 Å². The molecule has 2 aromatic carbocycles. The van der Waals surface area contributed by atoms with Crippen molar-refractivity contribution in [2.24, 2.45) is 0 Å². The first kappa shape index (κ1) is 13.8. The number of halogens is 2. The molecular formula is C15H9Cl2N3O. The van der Waals surface area contributed by atoms with Gasteiger partial charge in [-0.3, -0.25) is 9.78 Å². The summed E-state index contributed by atoms with van der Waals surface area (Å²) in [6.45, 7) is 0. The fourth-order valence-corrected chi connectivity index (χ4v) is 2.41. The predicted molar refractivity (Wildman–Crippen MR) is 84.0 cm³/mol. The van der Waals surface area contributed by atoms with Crippen molar-refractivity contribution in [1.29, 1.82) is 0 Å². The van der Waals surface area contributed by atoms with E-state index in [-0.39, 0.29) is 11.6 Å². The normalized spacial score (nSPS) is 10.6. The Balaban J connectivity index is 1.89. The van der Waals surface area contributed by atoms with E-state index in [1.165, 1.54) is 6.20 Å². The highest BCUT2D eigenvalue weighted by molar-refractivity contribution is 6.35. The lowest BCUT2D eigenvalue weighted by Gasteiger charge is -2.06. The van der Waals surface area contributed by atoms with Gasteiger partial charge in [-0.2, -0.15) is 0 Å². The van der Waals surface area contributed by atoms with Crippen LogP contribution in [0.3, 0.4) is 0 Å². The van der Waals surface area contributed by atoms with E-state index >= 15 is 0 Å². The van der Waals surface area contributed by atoms with E-state index in [9.17, 15) is 4.79 Å². The molecule has 1 N–H and O–H groups in total. The number of benzene rings is 2. The molecule has 1 amide bonds. The van der Waals surface area contributed by atoms with E-state index in [4.69, 9.17) is 23.2 Å². The number of carbonyl (C=O) groups is 1. The van der Waals surface area contributed by atoms with Crippen LogP contribution in [-0.2, 0) is 0 Å². The van der Waals surface area contributed by atoms with Gasteiger partial charge in [0.15, 0.2) is 0 Å². The number of rotatable bonds is 2. The van der Waals surface area contributed by atoms with E-state index in [0.717, 1.165) is 5.52 Å². The number of para-hydroxylation sites is 2. The predicted octanol–water partition coefficient (Wildman–Crippen LogP) is 4.19. The Morgan fingerprint density at radius 3 is 2.38 bits per heavy atom. The Morgan fingerprint density at radius 1 is 1.00 bits per heavy atom. The summed E-state index contributed by atoms with van der Waals surface area (Å²) < 4.78 is 0. The molecule has 1 heterocycles. The van der Waals surface area contributed by atoms with Gasteiger partial charge < -0.3 is 5.32 Å². The molecule has 0 aliphatic heterocycles. The lowest BCUT2D eigenvalue weighted by atomic mass is 10.2. The molecule has 1 aromatic heterocycles. The highest BCUT2D eigenvalue weighted by Crippen LogP contribution is 2.22. The molecule has 0 spiro atoms. The molecule has 0 aliphatic carbocycles. The second kappa shape index (κ2) is 5.68. The SMILES string of the molecule is O=C(Nc1cc(Cl)cc(Cl)c1)c1cnc2ccccc2n1. The van der Waals surface area contributed by atoms with Crippen molar-refractivity contribution in [3.05, 3.63) is 64.4 Å². The molecule has 0 bridgehead atoms. The molecule has 0 saturated carbocycles. The molecular weight excluding hydrogens is 309 g/mol. The van der Waals surface area contributed by atoms with Gasteiger partial charge in [-0.15, -0.1) is 0 Å². The van der Waals surface area contributed by atoms with Crippen molar-refractivity contribution >= 4 is 45.8 Å². The summed E-state index contributed by atoms with van der Waals surface area (Å²) in [6.07, 6.45) is 1.43. The molecule has 0 radical (unpaired) electrons. The summed E-state index contributed by atoms with van der Waals surface area (Å²) >= 11 is 11.8. The van der Waals surface area contributed by atoms with Crippen LogP contribution in [0.1, 0.15) is 10.5 Å². The number of aromatic nitrogens is 2.